The van der Waals surface area contributed by atoms with Crippen molar-refractivity contribution in [3.63, 3.8) is 0 Å². The van der Waals surface area contributed by atoms with Gasteiger partial charge in [-0.15, -0.1) is 36.2 Å². The van der Waals surface area contributed by atoms with Crippen molar-refractivity contribution in [3.8, 4) is 5.75 Å². The highest BCUT2D eigenvalue weighted by atomic mass is 35.5. The Kier molecular flexibility index (Phi) is 10.6. The van der Waals surface area contributed by atoms with Crippen molar-refractivity contribution in [3.05, 3.63) is 45.9 Å². The third-order valence-electron chi connectivity index (χ3n) is 4.55. The van der Waals surface area contributed by atoms with Crippen molar-refractivity contribution < 1.29 is 9.47 Å². The number of thiazole rings is 1. The van der Waals surface area contributed by atoms with E-state index in [1.54, 1.807) is 18.4 Å². The molecule has 0 saturated carbocycles. The summed E-state index contributed by atoms with van der Waals surface area (Å²) in [5, 5.41) is 6.72. The van der Waals surface area contributed by atoms with E-state index in [2.05, 4.69) is 34.7 Å². The van der Waals surface area contributed by atoms with Crippen molar-refractivity contribution in [2.24, 2.45) is 0 Å². The quantitative estimate of drug-likeness (QED) is 0.707. The van der Waals surface area contributed by atoms with E-state index in [0.29, 0.717) is 12.6 Å². The summed E-state index contributed by atoms with van der Waals surface area (Å²) in [6.45, 7) is 8.56. The fourth-order valence-electron chi connectivity index (χ4n) is 3.30. The number of rotatable bonds is 7. The second kappa shape index (κ2) is 11.8. The maximum atomic E-state index is 5.66. The number of methoxy groups -OCH3 is 1. The Morgan fingerprint density at radius 3 is 2.85 bits per heavy atom. The van der Waals surface area contributed by atoms with Crippen LogP contribution in [0, 0.1) is 0 Å². The Balaban J connectivity index is 0.00000182. The van der Waals surface area contributed by atoms with E-state index in [-0.39, 0.29) is 30.9 Å². The monoisotopic (exact) mass is 433 g/mol. The highest BCUT2D eigenvalue weighted by Crippen LogP contribution is 2.31. The van der Waals surface area contributed by atoms with Crippen LogP contribution >= 0.6 is 36.2 Å². The number of nitrogens with one attached hydrogen (secondary N) is 1. The van der Waals surface area contributed by atoms with Crippen molar-refractivity contribution in [1.29, 1.82) is 0 Å². The number of ether oxygens (including phenoxy) is 2. The first-order valence-electron chi connectivity index (χ1n) is 8.86. The number of benzene rings is 1. The Morgan fingerprint density at radius 2 is 2.11 bits per heavy atom. The van der Waals surface area contributed by atoms with Gasteiger partial charge in [-0.05, 0) is 19.9 Å². The molecule has 1 saturated heterocycles. The van der Waals surface area contributed by atoms with Gasteiger partial charge >= 0.3 is 0 Å². The molecular weight excluding hydrogens is 405 g/mol. The summed E-state index contributed by atoms with van der Waals surface area (Å²) < 4.78 is 11.2. The van der Waals surface area contributed by atoms with E-state index in [1.807, 2.05) is 19.1 Å². The van der Waals surface area contributed by atoms with Gasteiger partial charge in [0.15, 0.2) is 0 Å². The summed E-state index contributed by atoms with van der Waals surface area (Å²) in [6, 6.07) is 8.58. The predicted molar refractivity (Wildman–Crippen MR) is 116 cm³/mol. The van der Waals surface area contributed by atoms with Crippen LogP contribution in [0.2, 0.25) is 0 Å². The van der Waals surface area contributed by atoms with Crippen LogP contribution in [0.25, 0.3) is 0 Å². The Bertz CT molecular complexity index is 686. The van der Waals surface area contributed by atoms with Gasteiger partial charge in [0, 0.05) is 43.7 Å². The second-order valence-electron chi connectivity index (χ2n) is 6.21. The summed E-state index contributed by atoms with van der Waals surface area (Å²) >= 11 is 1.69. The van der Waals surface area contributed by atoms with Crippen LogP contribution in [0.3, 0.4) is 0 Å². The SMILES string of the molecule is CCOC(C)c1nc(CN2CCNCC2c2ccccc2OC)cs1.Cl.Cl. The lowest BCUT2D eigenvalue weighted by Crippen LogP contribution is -2.45. The molecule has 1 N–H and O–H groups in total. The van der Waals surface area contributed by atoms with Crippen molar-refractivity contribution in [1.82, 2.24) is 15.2 Å². The number of halogens is 2. The summed E-state index contributed by atoms with van der Waals surface area (Å²) in [7, 11) is 1.74. The topological polar surface area (TPSA) is 46.6 Å². The maximum Gasteiger partial charge on any atom is 0.123 e. The molecule has 0 bridgehead atoms. The van der Waals surface area contributed by atoms with E-state index in [0.717, 1.165) is 42.6 Å². The summed E-state index contributed by atoms with van der Waals surface area (Å²) in [5.41, 5.74) is 2.35. The molecule has 5 nitrogen and oxygen atoms in total. The van der Waals surface area contributed by atoms with Crippen LogP contribution in [-0.2, 0) is 11.3 Å². The van der Waals surface area contributed by atoms with Gasteiger partial charge in [0.05, 0.1) is 18.8 Å². The summed E-state index contributed by atoms with van der Waals surface area (Å²) in [6.07, 6.45) is 0.0665. The first-order chi connectivity index (χ1) is 12.2. The maximum absolute atomic E-state index is 5.66. The van der Waals surface area contributed by atoms with E-state index >= 15 is 0 Å². The molecule has 0 radical (unpaired) electrons. The highest BCUT2D eigenvalue weighted by molar-refractivity contribution is 7.09. The lowest BCUT2D eigenvalue weighted by Gasteiger charge is -2.36. The number of piperazine rings is 1. The molecule has 2 heterocycles. The minimum atomic E-state index is 0. The van der Waals surface area contributed by atoms with Crippen LogP contribution in [0.1, 0.15) is 42.3 Å². The average molecular weight is 434 g/mol. The fourth-order valence-corrected chi connectivity index (χ4v) is 4.11. The molecule has 1 aliphatic rings. The molecule has 8 heteroatoms. The molecule has 152 valence electrons. The van der Waals surface area contributed by atoms with Gasteiger partial charge in [-0.25, -0.2) is 4.98 Å². The van der Waals surface area contributed by atoms with Crippen LogP contribution in [-0.4, -0.2) is 43.2 Å². The smallest absolute Gasteiger partial charge is 0.123 e. The van der Waals surface area contributed by atoms with Gasteiger partial charge in [-0.1, -0.05) is 18.2 Å². The van der Waals surface area contributed by atoms with Gasteiger partial charge in [-0.3, -0.25) is 4.90 Å². The van der Waals surface area contributed by atoms with Gasteiger partial charge in [-0.2, -0.15) is 0 Å². The lowest BCUT2D eigenvalue weighted by molar-refractivity contribution is 0.0758. The van der Waals surface area contributed by atoms with E-state index in [1.165, 1.54) is 5.56 Å². The Morgan fingerprint density at radius 1 is 1.33 bits per heavy atom. The molecule has 27 heavy (non-hydrogen) atoms. The first kappa shape index (κ1) is 24.1. The zero-order valence-corrected chi connectivity index (χ0v) is 18.5. The van der Waals surface area contributed by atoms with Crippen LogP contribution in [0.4, 0.5) is 0 Å². The summed E-state index contributed by atoms with van der Waals surface area (Å²) in [4.78, 5) is 7.28. The highest BCUT2D eigenvalue weighted by Gasteiger charge is 2.27. The number of para-hydroxylation sites is 1. The molecule has 3 rings (SSSR count). The Labute approximate surface area is 178 Å². The lowest BCUT2D eigenvalue weighted by atomic mass is 10.0. The molecule has 2 unspecified atom stereocenters. The normalized spacial score (nSPS) is 18.3. The van der Waals surface area contributed by atoms with Crippen molar-refractivity contribution >= 4 is 36.2 Å². The molecule has 0 amide bonds. The zero-order valence-electron chi connectivity index (χ0n) is 16.0. The number of aromatic nitrogens is 1. The molecule has 0 aliphatic carbocycles. The fraction of sp³-hybridized carbons (Fsp3) is 0.526. The first-order valence-corrected chi connectivity index (χ1v) is 9.74. The molecule has 1 aromatic heterocycles. The van der Waals surface area contributed by atoms with Crippen LogP contribution < -0.4 is 10.1 Å². The van der Waals surface area contributed by atoms with Crippen LogP contribution in [0.5, 0.6) is 5.75 Å². The molecule has 1 fully saturated rings. The minimum Gasteiger partial charge on any atom is -0.496 e. The molecule has 0 spiro atoms. The second-order valence-corrected chi connectivity index (χ2v) is 7.10. The standard InChI is InChI=1S/C19H27N3O2S.2ClH/c1-4-24-14(2)19-21-15(13-25-19)12-22-10-9-20-11-17(22)16-7-5-6-8-18(16)23-3;;/h5-8,13-14,17,20H,4,9-12H2,1-3H3;2*1H. The third kappa shape index (κ3) is 6.04. The Hall–Kier alpha value is -0.890. The van der Waals surface area contributed by atoms with Gasteiger partial charge in [0.2, 0.25) is 0 Å². The third-order valence-corrected chi connectivity index (χ3v) is 5.61. The van der Waals surface area contributed by atoms with Crippen LogP contribution in [0.15, 0.2) is 29.6 Å². The molecule has 1 aromatic carbocycles. The number of hydrogen-bond donors (Lipinski definition) is 1. The van der Waals surface area contributed by atoms with Crippen molar-refractivity contribution in [2.75, 3.05) is 33.4 Å². The zero-order chi connectivity index (χ0) is 17.6. The average Bonchev–Trinajstić information content (AvgIpc) is 3.11. The molecule has 2 aromatic rings. The predicted octanol–water partition coefficient (Wildman–Crippen LogP) is 4.24. The molecular formula is C19H29Cl2N3O2S. The number of hydrogen-bond acceptors (Lipinski definition) is 6. The van der Waals surface area contributed by atoms with Gasteiger partial charge in [0.25, 0.3) is 0 Å². The largest absolute Gasteiger partial charge is 0.496 e. The minimum absolute atomic E-state index is 0. The molecule has 1 aliphatic heterocycles. The van der Waals surface area contributed by atoms with E-state index in [4.69, 9.17) is 14.5 Å². The van der Waals surface area contributed by atoms with Gasteiger partial charge < -0.3 is 14.8 Å². The number of nitrogens with zero attached hydrogens (tertiary/aromatic N) is 2. The van der Waals surface area contributed by atoms with E-state index < -0.39 is 0 Å². The van der Waals surface area contributed by atoms with E-state index in [9.17, 15) is 0 Å². The van der Waals surface area contributed by atoms with Gasteiger partial charge in [0.1, 0.15) is 16.9 Å². The van der Waals surface area contributed by atoms with Crippen molar-refractivity contribution in [2.45, 2.75) is 32.5 Å². The summed E-state index contributed by atoms with van der Waals surface area (Å²) in [5.74, 6) is 0.949. The molecule has 2 atom stereocenters.